The van der Waals surface area contributed by atoms with Crippen LogP contribution in [0.5, 0.6) is 0 Å². The zero-order valence-electron chi connectivity index (χ0n) is 8.94. The Kier molecular flexibility index (Phi) is 3.69. The number of rotatable bonds is 2. The minimum atomic E-state index is -0.726. The molecule has 0 aromatic carbocycles. The predicted molar refractivity (Wildman–Crippen MR) is 69.7 cm³/mol. The number of nitrogens with zero attached hydrogens (tertiary/aromatic N) is 2. The number of nitrogens with one attached hydrogen (secondary N) is 1. The Morgan fingerprint density at radius 2 is 2.47 bits per heavy atom. The monoisotopic (exact) mass is 311 g/mol. The number of aromatic nitrogens is 1. The van der Waals surface area contributed by atoms with E-state index in [2.05, 4.69) is 32.3 Å². The quantitative estimate of drug-likeness (QED) is 0.907. The van der Waals surface area contributed by atoms with Gasteiger partial charge in [0.05, 0.1) is 6.07 Å². The van der Waals surface area contributed by atoms with Gasteiger partial charge in [-0.25, -0.2) is 4.98 Å². The maximum absolute atomic E-state index is 11.9. The largest absolute Gasteiger partial charge is 0.332 e. The number of nitriles is 1. The molecule has 88 valence electrons. The fourth-order valence-corrected chi connectivity index (χ4v) is 3.07. The van der Waals surface area contributed by atoms with Crippen molar-refractivity contribution in [2.75, 3.05) is 11.5 Å². The average molecular weight is 312 g/mol. The van der Waals surface area contributed by atoms with Crippen LogP contribution in [0.3, 0.4) is 0 Å². The van der Waals surface area contributed by atoms with Gasteiger partial charge < -0.3 is 5.32 Å². The van der Waals surface area contributed by atoms with Crippen molar-refractivity contribution in [3.8, 4) is 6.07 Å². The average Bonchev–Trinajstić information content (AvgIpc) is 2.79. The Bertz CT molecular complexity index is 463. The maximum atomic E-state index is 11.9. The number of hydrogen-bond donors (Lipinski definition) is 1. The van der Waals surface area contributed by atoms with Gasteiger partial charge in [0.2, 0.25) is 0 Å². The van der Waals surface area contributed by atoms with Crippen LogP contribution in [0.15, 0.2) is 22.8 Å². The first kappa shape index (κ1) is 12.4. The molecule has 1 aliphatic heterocycles. The molecule has 1 atom stereocenters. The number of pyridine rings is 1. The van der Waals surface area contributed by atoms with Crippen LogP contribution in [0.2, 0.25) is 0 Å². The van der Waals surface area contributed by atoms with E-state index in [4.69, 9.17) is 5.26 Å². The molecule has 0 radical (unpaired) electrons. The van der Waals surface area contributed by atoms with Crippen molar-refractivity contribution in [2.45, 2.75) is 12.0 Å². The van der Waals surface area contributed by atoms with Crippen molar-refractivity contribution >= 4 is 33.6 Å². The molecule has 2 heterocycles. The number of carbonyl (C=O) groups excluding carboxylic acids is 1. The molecule has 1 amide bonds. The second kappa shape index (κ2) is 5.07. The second-order valence-electron chi connectivity index (χ2n) is 3.81. The van der Waals surface area contributed by atoms with Crippen LogP contribution in [-0.4, -0.2) is 27.9 Å². The minimum Gasteiger partial charge on any atom is -0.332 e. The van der Waals surface area contributed by atoms with Gasteiger partial charge in [0.15, 0.2) is 0 Å². The van der Waals surface area contributed by atoms with Gasteiger partial charge in [0, 0.05) is 16.4 Å². The predicted octanol–water partition coefficient (Wildman–Crippen LogP) is 1.97. The topological polar surface area (TPSA) is 65.8 Å². The lowest BCUT2D eigenvalue weighted by atomic mass is 10.0. The SMILES string of the molecule is N#CC1(NC(=O)c2ccc(Br)cn2)CCSC1. The first-order valence-corrected chi connectivity index (χ1v) is 7.03. The number of hydrogen-bond acceptors (Lipinski definition) is 4. The Balaban J connectivity index is 2.11. The van der Waals surface area contributed by atoms with Gasteiger partial charge in [-0.15, -0.1) is 0 Å². The van der Waals surface area contributed by atoms with Crippen molar-refractivity contribution in [2.24, 2.45) is 0 Å². The van der Waals surface area contributed by atoms with Crippen molar-refractivity contribution in [3.05, 3.63) is 28.5 Å². The van der Waals surface area contributed by atoms with Gasteiger partial charge in [-0.2, -0.15) is 17.0 Å². The number of halogens is 1. The molecule has 1 saturated heterocycles. The van der Waals surface area contributed by atoms with Gasteiger partial charge in [-0.3, -0.25) is 4.79 Å². The lowest BCUT2D eigenvalue weighted by Crippen LogP contribution is -2.47. The zero-order chi connectivity index (χ0) is 12.3. The smallest absolute Gasteiger partial charge is 0.271 e. The summed E-state index contributed by atoms with van der Waals surface area (Å²) in [5.41, 5.74) is -0.393. The van der Waals surface area contributed by atoms with E-state index in [9.17, 15) is 4.79 Å². The number of amides is 1. The van der Waals surface area contributed by atoms with Crippen molar-refractivity contribution in [1.29, 1.82) is 5.26 Å². The van der Waals surface area contributed by atoms with Crippen LogP contribution >= 0.6 is 27.7 Å². The molecule has 0 spiro atoms. The van der Waals surface area contributed by atoms with E-state index in [1.165, 1.54) is 0 Å². The summed E-state index contributed by atoms with van der Waals surface area (Å²) in [5.74, 6) is 1.26. The summed E-state index contributed by atoms with van der Waals surface area (Å²) >= 11 is 4.94. The van der Waals surface area contributed by atoms with E-state index in [1.54, 1.807) is 30.1 Å². The standard InChI is InChI=1S/C11H10BrN3OS/c12-8-1-2-9(14-5-8)10(16)15-11(6-13)3-4-17-7-11/h1-2,5H,3-4,7H2,(H,15,16). The highest BCUT2D eigenvalue weighted by Gasteiger charge is 2.36. The van der Waals surface area contributed by atoms with E-state index in [0.29, 0.717) is 17.9 Å². The van der Waals surface area contributed by atoms with Crippen LogP contribution in [0.25, 0.3) is 0 Å². The first-order chi connectivity index (χ1) is 8.15. The molecule has 17 heavy (non-hydrogen) atoms. The molecule has 6 heteroatoms. The molecule has 0 saturated carbocycles. The van der Waals surface area contributed by atoms with E-state index in [0.717, 1.165) is 10.2 Å². The third-order valence-electron chi connectivity index (χ3n) is 2.55. The maximum Gasteiger partial charge on any atom is 0.271 e. The van der Waals surface area contributed by atoms with Crippen molar-refractivity contribution in [3.63, 3.8) is 0 Å². The summed E-state index contributed by atoms with van der Waals surface area (Å²) in [5, 5.41) is 11.9. The molecule has 4 nitrogen and oxygen atoms in total. The highest BCUT2D eigenvalue weighted by atomic mass is 79.9. The molecule has 1 unspecified atom stereocenters. The van der Waals surface area contributed by atoms with Gasteiger partial charge in [-0.05, 0) is 40.2 Å². The van der Waals surface area contributed by atoms with E-state index in [-0.39, 0.29) is 5.91 Å². The molecule has 1 N–H and O–H groups in total. The highest BCUT2D eigenvalue weighted by molar-refractivity contribution is 9.10. The lowest BCUT2D eigenvalue weighted by molar-refractivity contribution is 0.0921. The Labute approximate surface area is 112 Å². The Hall–Kier alpha value is -1.06. The zero-order valence-corrected chi connectivity index (χ0v) is 11.3. The third-order valence-corrected chi connectivity index (χ3v) is 4.21. The molecule has 1 aromatic heterocycles. The van der Waals surface area contributed by atoms with Gasteiger partial charge in [-0.1, -0.05) is 0 Å². The molecule has 1 fully saturated rings. The molecular formula is C11H10BrN3OS. The van der Waals surface area contributed by atoms with Crippen LogP contribution in [0.4, 0.5) is 0 Å². The van der Waals surface area contributed by atoms with E-state index >= 15 is 0 Å². The first-order valence-electron chi connectivity index (χ1n) is 5.08. The summed E-state index contributed by atoms with van der Waals surface area (Å²) in [6.45, 7) is 0. The Morgan fingerprint density at radius 1 is 1.65 bits per heavy atom. The van der Waals surface area contributed by atoms with Crippen LogP contribution < -0.4 is 5.32 Å². The number of carbonyl (C=O) groups is 1. The van der Waals surface area contributed by atoms with Crippen molar-refractivity contribution in [1.82, 2.24) is 10.3 Å². The fraction of sp³-hybridized carbons (Fsp3) is 0.364. The Morgan fingerprint density at radius 3 is 3.00 bits per heavy atom. The normalized spacial score (nSPS) is 23.1. The molecule has 2 rings (SSSR count). The van der Waals surface area contributed by atoms with Crippen LogP contribution in [-0.2, 0) is 0 Å². The van der Waals surface area contributed by atoms with E-state index in [1.807, 2.05) is 0 Å². The molecule has 1 aromatic rings. The molecular weight excluding hydrogens is 302 g/mol. The highest BCUT2D eigenvalue weighted by Crippen LogP contribution is 2.27. The second-order valence-corrected chi connectivity index (χ2v) is 5.83. The van der Waals surface area contributed by atoms with Gasteiger partial charge in [0.1, 0.15) is 11.2 Å². The minimum absolute atomic E-state index is 0.290. The third kappa shape index (κ3) is 2.79. The lowest BCUT2D eigenvalue weighted by Gasteiger charge is -2.20. The molecule has 0 aliphatic carbocycles. The number of thioether (sulfide) groups is 1. The summed E-state index contributed by atoms with van der Waals surface area (Å²) in [7, 11) is 0. The summed E-state index contributed by atoms with van der Waals surface area (Å²) in [4.78, 5) is 15.9. The molecule has 0 bridgehead atoms. The van der Waals surface area contributed by atoms with Crippen molar-refractivity contribution < 1.29 is 4.79 Å². The van der Waals surface area contributed by atoms with Gasteiger partial charge in [0.25, 0.3) is 5.91 Å². The van der Waals surface area contributed by atoms with Crippen LogP contribution in [0, 0.1) is 11.3 Å². The summed E-state index contributed by atoms with van der Waals surface area (Å²) in [6.07, 6.45) is 2.26. The fourth-order valence-electron chi connectivity index (χ4n) is 1.57. The summed E-state index contributed by atoms with van der Waals surface area (Å²) in [6, 6.07) is 5.59. The van der Waals surface area contributed by atoms with E-state index < -0.39 is 5.54 Å². The van der Waals surface area contributed by atoms with Gasteiger partial charge >= 0.3 is 0 Å². The summed E-state index contributed by atoms with van der Waals surface area (Å²) < 4.78 is 0.820. The van der Waals surface area contributed by atoms with Crippen LogP contribution in [0.1, 0.15) is 16.9 Å². The molecule has 1 aliphatic rings.